The van der Waals surface area contributed by atoms with Gasteiger partial charge in [-0.2, -0.15) is 0 Å². The largest absolute Gasteiger partial charge is 0.393 e. The monoisotopic (exact) mass is 264 g/mol. The molecule has 1 fully saturated rings. The predicted molar refractivity (Wildman–Crippen MR) is 68.3 cm³/mol. The fourth-order valence-electron chi connectivity index (χ4n) is 1.95. The molecule has 102 valence electrons. The molecular weight excluding hydrogens is 240 g/mol. The van der Waals surface area contributed by atoms with Crippen molar-refractivity contribution in [3.05, 3.63) is 0 Å². The smallest absolute Gasteiger partial charge is 0.215 e. The van der Waals surface area contributed by atoms with E-state index < -0.39 is 10.0 Å². The number of nitrogens with one attached hydrogen (secondary N) is 1. The summed E-state index contributed by atoms with van der Waals surface area (Å²) in [4.78, 5) is 0. The van der Waals surface area contributed by atoms with Crippen molar-refractivity contribution >= 4 is 10.0 Å². The molecule has 2 atom stereocenters. The Morgan fingerprint density at radius 3 is 2.65 bits per heavy atom. The van der Waals surface area contributed by atoms with Gasteiger partial charge in [-0.25, -0.2) is 12.7 Å². The third-order valence-electron chi connectivity index (χ3n) is 3.13. The van der Waals surface area contributed by atoms with Crippen LogP contribution in [0, 0.1) is 5.92 Å². The second kappa shape index (κ2) is 6.13. The number of aliphatic hydroxyl groups excluding tert-OH is 1. The molecule has 0 aromatic heterocycles. The first-order valence-electron chi connectivity index (χ1n) is 6.22. The first kappa shape index (κ1) is 14.9. The zero-order chi connectivity index (χ0) is 13.1. The number of hydrogen-bond donors (Lipinski definition) is 2. The maximum absolute atomic E-state index is 12.0. The van der Waals surface area contributed by atoms with Crippen molar-refractivity contribution in [1.82, 2.24) is 9.62 Å². The summed E-state index contributed by atoms with van der Waals surface area (Å²) < 4.78 is 25.6. The predicted octanol–water partition coefficient (Wildman–Crippen LogP) is 0.0169. The molecule has 1 heterocycles. The Balaban J connectivity index is 2.47. The van der Waals surface area contributed by atoms with Gasteiger partial charge >= 0.3 is 0 Å². The summed E-state index contributed by atoms with van der Waals surface area (Å²) in [5, 5.41) is 12.7. The van der Waals surface area contributed by atoms with E-state index in [0.29, 0.717) is 32.1 Å². The van der Waals surface area contributed by atoms with Crippen LogP contribution >= 0.6 is 0 Å². The van der Waals surface area contributed by atoms with Gasteiger partial charge in [-0.05, 0) is 12.3 Å². The van der Waals surface area contributed by atoms with Gasteiger partial charge in [0, 0.05) is 25.7 Å². The van der Waals surface area contributed by atoms with Gasteiger partial charge in [0.25, 0.3) is 0 Å². The fourth-order valence-corrected chi connectivity index (χ4v) is 3.43. The van der Waals surface area contributed by atoms with Gasteiger partial charge in [0.2, 0.25) is 10.0 Å². The highest BCUT2D eigenvalue weighted by molar-refractivity contribution is 7.89. The molecule has 1 rings (SSSR count). The molecule has 2 unspecified atom stereocenters. The SMILES string of the molecule is CC(C)NCCS(=O)(=O)N1CCC(O)C(C)C1. The molecule has 5 nitrogen and oxygen atoms in total. The Morgan fingerprint density at radius 2 is 2.12 bits per heavy atom. The van der Waals surface area contributed by atoms with Gasteiger partial charge in [0.15, 0.2) is 0 Å². The van der Waals surface area contributed by atoms with Crippen molar-refractivity contribution < 1.29 is 13.5 Å². The van der Waals surface area contributed by atoms with E-state index in [4.69, 9.17) is 0 Å². The Morgan fingerprint density at radius 1 is 1.47 bits per heavy atom. The van der Waals surface area contributed by atoms with Gasteiger partial charge in [0.1, 0.15) is 0 Å². The summed E-state index contributed by atoms with van der Waals surface area (Å²) in [7, 11) is -3.18. The molecule has 0 radical (unpaired) electrons. The molecule has 1 saturated heterocycles. The van der Waals surface area contributed by atoms with E-state index in [-0.39, 0.29) is 17.8 Å². The zero-order valence-electron chi connectivity index (χ0n) is 10.9. The van der Waals surface area contributed by atoms with Gasteiger partial charge in [-0.15, -0.1) is 0 Å². The lowest BCUT2D eigenvalue weighted by Gasteiger charge is -2.33. The van der Waals surface area contributed by atoms with Gasteiger partial charge in [-0.3, -0.25) is 0 Å². The highest BCUT2D eigenvalue weighted by Crippen LogP contribution is 2.19. The molecule has 0 spiro atoms. The molecule has 2 N–H and O–H groups in total. The van der Waals surface area contributed by atoms with Crippen molar-refractivity contribution in [1.29, 1.82) is 0 Å². The minimum atomic E-state index is -3.18. The number of rotatable bonds is 5. The minimum Gasteiger partial charge on any atom is -0.393 e. The normalized spacial score (nSPS) is 27.6. The van der Waals surface area contributed by atoms with Gasteiger partial charge in [0.05, 0.1) is 11.9 Å². The Kier molecular flexibility index (Phi) is 5.37. The van der Waals surface area contributed by atoms with Crippen LogP contribution in [0.1, 0.15) is 27.2 Å². The lowest BCUT2D eigenvalue weighted by molar-refractivity contribution is 0.0629. The van der Waals surface area contributed by atoms with Crippen molar-refractivity contribution in [2.45, 2.75) is 39.3 Å². The van der Waals surface area contributed by atoms with Crippen LogP contribution < -0.4 is 5.32 Å². The summed E-state index contributed by atoms with van der Waals surface area (Å²) >= 11 is 0. The molecule has 1 aliphatic rings. The maximum Gasteiger partial charge on any atom is 0.215 e. The molecule has 17 heavy (non-hydrogen) atoms. The van der Waals surface area contributed by atoms with E-state index >= 15 is 0 Å². The molecule has 6 heteroatoms. The van der Waals surface area contributed by atoms with Crippen molar-refractivity contribution in [3.63, 3.8) is 0 Å². The van der Waals surface area contributed by atoms with Crippen molar-refractivity contribution in [3.8, 4) is 0 Å². The highest BCUT2D eigenvalue weighted by Gasteiger charge is 2.31. The average Bonchev–Trinajstić information content (AvgIpc) is 2.21. The standard InChI is InChI=1S/C11H24N2O3S/c1-9(2)12-5-7-17(15,16)13-6-4-11(14)10(3)8-13/h9-12,14H,4-8H2,1-3H3. The number of aliphatic hydroxyl groups is 1. The highest BCUT2D eigenvalue weighted by atomic mass is 32.2. The maximum atomic E-state index is 12.0. The number of nitrogens with zero attached hydrogens (tertiary/aromatic N) is 1. The third kappa shape index (κ3) is 4.54. The lowest BCUT2D eigenvalue weighted by Crippen LogP contribution is -2.46. The summed E-state index contributed by atoms with van der Waals surface area (Å²) in [5.74, 6) is 0.158. The second-order valence-electron chi connectivity index (χ2n) is 5.12. The van der Waals surface area contributed by atoms with Crippen LogP contribution in [0.3, 0.4) is 0 Å². The molecule has 0 bridgehead atoms. The van der Waals surface area contributed by atoms with Crippen molar-refractivity contribution in [2.75, 3.05) is 25.4 Å². The first-order valence-corrected chi connectivity index (χ1v) is 7.83. The molecule has 1 aliphatic heterocycles. The number of sulfonamides is 1. The topological polar surface area (TPSA) is 69.6 Å². The Hall–Kier alpha value is -0.170. The van der Waals surface area contributed by atoms with E-state index in [1.165, 1.54) is 4.31 Å². The van der Waals surface area contributed by atoms with E-state index in [0.717, 1.165) is 0 Å². The summed E-state index contributed by atoms with van der Waals surface area (Å²) in [5.41, 5.74) is 0. The van der Waals surface area contributed by atoms with Crippen LogP contribution in [0.5, 0.6) is 0 Å². The van der Waals surface area contributed by atoms with E-state index in [1.807, 2.05) is 20.8 Å². The van der Waals surface area contributed by atoms with E-state index in [9.17, 15) is 13.5 Å². The lowest BCUT2D eigenvalue weighted by atomic mass is 9.99. The van der Waals surface area contributed by atoms with Crippen LogP contribution in [0.15, 0.2) is 0 Å². The van der Waals surface area contributed by atoms with E-state index in [2.05, 4.69) is 5.32 Å². The fraction of sp³-hybridized carbons (Fsp3) is 1.00. The quantitative estimate of drug-likeness (QED) is 0.734. The average molecular weight is 264 g/mol. The minimum absolute atomic E-state index is 0.0246. The summed E-state index contributed by atoms with van der Waals surface area (Å²) in [6.45, 7) is 7.23. The zero-order valence-corrected chi connectivity index (χ0v) is 11.7. The van der Waals surface area contributed by atoms with Crippen LogP contribution in [0.25, 0.3) is 0 Å². The Bertz CT molecular complexity index is 330. The summed E-state index contributed by atoms with van der Waals surface area (Å²) in [6, 6.07) is 0.298. The third-order valence-corrected chi connectivity index (χ3v) is 4.97. The molecule has 0 aromatic rings. The van der Waals surface area contributed by atoms with Crippen LogP contribution in [-0.4, -0.2) is 55.4 Å². The number of hydrogen-bond acceptors (Lipinski definition) is 4. The molecule has 0 saturated carbocycles. The van der Waals surface area contributed by atoms with Crippen LogP contribution in [-0.2, 0) is 10.0 Å². The molecular formula is C11H24N2O3S. The molecule has 0 amide bonds. The molecule has 0 aromatic carbocycles. The van der Waals surface area contributed by atoms with Gasteiger partial charge < -0.3 is 10.4 Å². The first-order chi connectivity index (χ1) is 7.83. The summed E-state index contributed by atoms with van der Waals surface area (Å²) in [6.07, 6.45) is 0.174. The van der Waals surface area contributed by atoms with Gasteiger partial charge in [-0.1, -0.05) is 20.8 Å². The van der Waals surface area contributed by atoms with Crippen molar-refractivity contribution in [2.24, 2.45) is 5.92 Å². The van der Waals surface area contributed by atoms with E-state index in [1.54, 1.807) is 0 Å². The molecule has 0 aliphatic carbocycles. The van der Waals surface area contributed by atoms with Crippen LogP contribution in [0.4, 0.5) is 0 Å². The Labute approximate surface area is 104 Å². The van der Waals surface area contributed by atoms with Crippen LogP contribution in [0.2, 0.25) is 0 Å². The second-order valence-corrected chi connectivity index (χ2v) is 7.20. The number of piperidine rings is 1.